The van der Waals surface area contributed by atoms with E-state index in [0.29, 0.717) is 12.0 Å². The number of carboxylic acids is 1. The van der Waals surface area contributed by atoms with Crippen LogP contribution in [0.5, 0.6) is 0 Å². The Balaban J connectivity index is 5.31. The average molecular weight is 296 g/mol. The summed E-state index contributed by atoms with van der Waals surface area (Å²) < 4.78 is 9.36. The largest absolute Gasteiger partial charge is 0.481 e. The molecule has 0 aliphatic heterocycles. The minimum absolute atomic E-state index is 0.0240. The van der Waals surface area contributed by atoms with Gasteiger partial charge in [-0.3, -0.25) is 14.4 Å². The molecule has 0 unspecified atom stereocenters. The molecule has 0 aromatic rings. The molecule has 0 atom stereocenters. The van der Waals surface area contributed by atoms with Crippen molar-refractivity contribution in [2.45, 2.75) is 32.6 Å². The van der Waals surface area contributed by atoms with Crippen LogP contribution < -0.4 is 0 Å². The van der Waals surface area contributed by atoms with Crippen LogP contribution >= 0.6 is 0 Å². The van der Waals surface area contributed by atoms with Crippen molar-refractivity contribution in [3.63, 3.8) is 0 Å². The zero-order valence-corrected chi connectivity index (χ0v) is 12.5. The second-order valence-corrected chi connectivity index (χ2v) is 4.61. The molecule has 0 saturated carbocycles. The standard InChI is InChI=1S/C15H20O6/c1-5-9-15(13(18)20-3,14(19)21-4)10-11(2)7-6-8-12(16)17/h1,7H,6,8-10H2,2-4H3,(H,16,17)/b11-7+. The van der Waals surface area contributed by atoms with Crippen LogP contribution in [0.1, 0.15) is 32.6 Å². The highest BCUT2D eigenvalue weighted by Crippen LogP contribution is 2.33. The molecule has 21 heavy (non-hydrogen) atoms. The van der Waals surface area contributed by atoms with Gasteiger partial charge < -0.3 is 14.6 Å². The van der Waals surface area contributed by atoms with Crippen LogP contribution in [0.2, 0.25) is 0 Å². The lowest BCUT2D eigenvalue weighted by Gasteiger charge is -2.26. The second-order valence-electron chi connectivity index (χ2n) is 4.61. The maximum absolute atomic E-state index is 12.0. The van der Waals surface area contributed by atoms with Gasteiger partial charge in [0.25, 0.3) is 0 Å². The van der Waals surface area contributed by atoms with Gasteiger partial charge in [-0.1, -0.05) is 11.6 Å². The Bertz CT molecular complexity index is 453. The van der Waals surface area contributed by atoms with Crippen molar-refractivity contribution in [2.24, 2.45) is 5.41 Å². The van der Waals surface area contributed by atoms with Crippen molar-refractivity contribution >= 4 is 17.9 Å². The summed E-state index contributed by atoms with van der Waals surface area (Å²) in [6, 6.07) is 0. The SMILES string of the molecule is C#CCC(C/C(C)=C/CCC(=O)O)(C(=O)OC)C(=O)OC. The predicted molar refractivity (Wildman–Crippen MR) is 75.2 cm³/mol. The zero-order chi connectivity index (χ0) is 16.5. The number of carboxylic acid groups (broad SMARTS) is 1. The summed E-state index contributed by atoms with van der Waals surface area (Å²) in [7, 11) is 2.33. The van der Waals surface area contributed by atoms with Gasteiger partial charge >= 0.3 is 17.9 Å². The molecule has 0 radical (unpaired) electrons. The minimum Gasteiger partial charge on any atom is -0.481 e. The monoisotopic (exact) mass is 296 g/mol. The number of allylic oxidation sites excluding steroid dienone is 2. The fourth-order valence-corrected chi connectivity index (χ4v) is 1.99. The van der Waals surface area contributed by atoms with E-state index in [1.54, 1.807) is 13.0 Å². The molecule has 0 spiro atoms. The van der Waals surface area contributed by atoms with Gasteiger partial charge in [0, 0.05) is 12.8 Å². The third-order valence-electron chi connectivity index (χ3n) is 2.99. The third-order valence-corrected chi connectivity index (χ3v) is 2.99. The van der Waals surface area contributed by atoms with Crippen LogP contribution in [-0.4, -0.2) is 37.2 Å². The number of terminal acetylenes is 1. The van der Waals surface area contributed by atoms with Gasteiger partial charge in [0.15, 0.2) is 5.41 Å². The van der Waals surface area contributed by atoms with Crippen molar-refractivity contribution < 1.29 is 29.0 Å². The Morgan fingerprint density at radius 3 is 2.14 bits per heavy atom. The summed E-state index contributed by atoms with van der Waals surface area (Å²) in [6.45, 7) is 1.69. The number of carbonyl (C=O) groups is 3. The molecule has 6 nitrogen and oxygen atoms in total. The highest BCUT2D eigenvalue weighted by atomic mass is 16.5. The van der Waals surface area contributed by atoms with E-state index < -0.39 is 23.3 Å². The maximum Gasteiger partial charge on any atom is 0.324 e. The van der Waals surface area contributed by atoms with Crippen molar-refractivity contribution in [1.29, 1.82) is 0 Å². The van der Waals surface area contributed by atoms with Crippen LogP contribution in [0.15, 0.2) is 11.6 Å². The number of carbonyl (C=O) groups excluding carboxylic acids is 2. The second kappa shape index (κ2) is 8.80. The van der Waals surface area contributed by atoms with E-state index in [4.69, 9.17) is 11.5 Å². The molecule has 0 fully saturated rings. The predicted octanol–water partition coefficient (Wildman–Crippen LogP) is 1.54. The van der Waals surface area contributed by atoms with E-state index in [1.807, 2.05) is 0 Å². The molecule has 0 bridgehead atoms. The topological polar surface area (TPSA) is 89.9 Å². The Labute approximate surface area is 124 Å². The van der Waals surface area contributed by atoms with Crippen molar-refractivity contribution in [1.82, 2.24) is 0 Å². The molecule has 0 aliphatic carbocycles. The van der Waals surface area contributed by atoms with Crippen molar-refractivity contribution in [3.05, 3.63) is 11.6 Å². The summed E-state index contributed by atoms with van der Waals surface area (Å²) in [5.74, 6) is -0.157. The molecule has 0 aliphatic rings. The lowest BCUT2D eigenvalue weighted by Crippen LogP contribution is -2.41. The van der Waals surface area contributed by atoms with Gasteiger partial charge in [0.2, 0.25) is 0 Å². The van der Waals surface area contributed by atoms with Gasteiger partial charge in [-0.25, -0.2) is 0 Å². The van der Waals surface area contributed by atoms with Crippen molar-refractivity contribution in [2.75, 3.05) is 14.2 Å². The Morgan fingerprint density at radius 1 is 1.24 bits per heavy atom. The molecule has 0 aromatic heterocycles. The maximum atomic E-state index is 12.0. The average Bonchev–Trinajstić information content (AvgIpc) is 2.44. The summed E-state index contributed by atoms with van der Waals surface area (Å²) in [5, 5.41) is 8.59. The molecule has 1 N–H and O–H groups in total. The van der Waals surface area contributed by atoms with E-state index in [9.17, 15) is 14.4 Å². The summed E-state index contributed by atoms with van der Waals surface area (Å²) in [4.78, 5) is 34.5. The highest BCUT2D eigenvalue weighted by molar-refractivity contribution is 6.00. The van der Waals surface area contributed by atoms with Crippen molar-refractivity contribution in [3.8, 4) is 12.3 Å². The van der Waals surface area contributed by atoms with Crippen LogP contribution in [0.3, 0.4) is 0 Å². The quantitative estimate of drug-likeness (QED) is 0.316. The molecule has 6 heteroatoms. The number of hydrogen-bond acceptors (Lipinski definition) is 5. The summed E-state index contributed by atoms with van der Waals surface area (Å²) in [6.07, 6.45) is 7.05. The minimum atomic E-state index is -1.60. The third kappa shape index (κ3) is 5.30. The molecule has 0 heterocycles. The smallest absolute Gasteiger partial charge is 0.324 e. The van der Waals surface area contributed by atoms with Gasteiger partial charge in [-0.05, 0) is 19.8 Å². The number of esters is 2. The number of ether oxygens (including phenoxy) is 2. The number of methoxy groups -OCH3 is 2. The van der Waals surface area contributed by atoms with Crippen LogP contribution in [-0.2, 0) is 23.9 Å². The zero-order valence-electron chi connectivity index (χ0n) is 12.5. The Morgan fingerprint density at radius 2 is 1.76 bits per heavy atom. The Kier molecular flexibility index (Phi) is 7.84. The molecule has 0 aromatic carbocycles. The number of aliphatic carboxylic acids is 1. The van der Waals surface area contributed by atoms with Gasteiger partial charge in [0.1, 0.15) is 0 Å². The molecule has 0 rings (SSSR count). The van der Waals surface area contributed by atoms with E-state index in [0.717, 1.165) is 0 Å². The lowest BCUT2D eigenvalue weighted by atomic mass is 9.78. The van der Waals surface area contributed by atoms with E-state index in [1.165, 1.54) is 14.2 Å². The highest BCUT2D eigenvalue weighted by Gasteiger charge is 2.47. The summed E-state index contributed by atoms with van der Waals surface area (Å²) in [5.41, 5.74) is -0.926. The summed E-state index contributed by atoms with van der Waals surface area (Å²) >= 11 is 0. The van der Waals surface area contributed by atoms with Crippen LogP contribution in [0.4, 0.5) is 0 Å². The molecule has 116 valence electrons. The fraction of sp³-hybridized carbons (Fsp3) is 0.533. The first kappa shape index (κ1) is 18.7. The van der Waals surface area contributed by atoms with E-state index in [2.05, 4.69) is 15.4 Å². The van der Waals surface area contributed by atoms with Gasteiger partial charge in [-0.15, -0.1) is 12.3 Å². The van der Waals surface area contributed by atoms with Crippen LogP contribution in [0.25, 0.3) is 0 Å². The first-order valence-electron chi connectivity index (χ1n) is 6.31. The first-order chi connectivity index (χ1) is 9.83. The molecular weight excluding hydrogens is 276 g/mol. The molecular formula is C15H20O6. The van der Waals surface area contributed by atoms with Gasteiger partial charge in [0.05, 0.1) is 14.2 Å². The number of rotatable bonds is 8. The Hall–Kier alpha value is -2.29. The number of hydrogen-bond donors (Lipinski definition) is 1. The fourth-order valence-electron chi connectivity index (χ4n) is 1.99. The van der Waals surface area contributed by atoms with E-state index in [-0.39, 0.29) is 19.3 Å². The molecule has 0 amide bonds. The lowest BCUT2D eigenvalue weighted by molar-refractivity contribution is -0.168. The van der Waals surface area contributed by atoms with Crippen LogP contribution in [0, 0.1) is 17.8 Å². The molecule has 0 saturated heterocycles. The first-order valence-corrected chi connectivity index (χ1v) is 6.31. The normalized spacial score (nSPS) is 11.4. The van der Waals surface area contributed by atoms with Gasteiger partial charge in [-0.2, -0.15) is 0 Å². The van der Waals surface area contributed by atoms with E-state index >= 15 is 0 Å².